The molecular weight excluding hydrogens is 238 g/mol. The van der Waals surface area contributed by atoms with E-state index in [0.717, 1.165) is 30.6 Å². The number of carbonyl (C=O) groups is 1. The lowest BCUT2D eigenvalue weighted by Gasteiger charge is -2.31. The Hall–Kier alpha value is -1.77. The molecule has 2 bridgehead atoms. The summed E-state index contributed by atoms with van der Waals surface area (Å²) < 4.78 is 5.61. The molecule has 0 N–H and O–H groups in total. The number of benzene rings is 1. The highest BCUT2D eigenvalue weighted by atomic mass is 16.5. The third kappa shape index (κ3) is 2.50. The molecule has 1 fully saturated rings. The summed E-state index contributed by atoms with van der Waals surface area (Å²) in [7, 11) is 0. The van der Waals surface area contributed by atoms with E-state index >= 15 is 0 Å². The van der Waals surface area contributed by atoms with Gasteiger partial charge in [0, 0.05) is 6.04 Å². The Balaban J connectivity index is 1.62. The predicted octanol–water partition coefficient (Wildman–Crippen LogP) is 2.69. The fourth-order valence-corrected chi connectivity index (χ4v) is 3.04. The normalized spacial score (nSPS) is 24.6. The molecule has 2 aliphatic rings. The van der Waals surface area contributed by atoms with E-state index in [2.05, 4.69) is 12.2 Å². The molecule has 0 radical (unpaired) electrons. The second-order valence-corrected chi connectivity index (χ2v) is 5.37. The van der Waals surface area contributed by atoms with Gasteiger partial charge in [0.25, 0.3) is 5.91 Å². The molecule has 2 heterocycles. The van der Waals surface area contributed by atoms with E-state index in [1.54, 1.807) is 0 Å². The van der Waals surface area contributed by atoms with Crippen LogP contribution in [0.15, 0.2) is 36.4 Å². The molecule has 19 heavy (non-hydrogen) atoms. The summed E-state index contributed by atoms with van der Waals surface area (Å²) in [5, 5.41) is 0. The van der Waals surface area contributed by atoms with Crippen LogP contribution in [-0.4, -0.2) is 29.5 Å². The predicted molar refractivity (Wildman–Crippen MR) is 74.1 cm³/mol. The van der Waals surface area contributed by atoms with Crippen LogP contribution in [-0.2, 0) is 4.79 Å². The second-order valence-electron chi connectivity index (χ2n) is 5.37. The van der Waals surface area contributed by atoms with Crippen molar-refractivity contribution in [3.63, 3.8) is 0 Å². The molecular formula is C16H19NO2. The van der Waals surface area contributed by atoms with Crippen LogP contribution in [0.4, 0.5) is 0 Å². The number of fused-ring (bicyclic) bond motifs is 2. The Bertz CT molecular complexity index is 509. The average Bonchev–Trinajstić information content (AvgIpc) is 2.66. The molecule has 1 amide bonds. The number of hydrogen-bond donors (Lipinski definition) is 0. The summed E-state index contributed by atoms with van der Waals surface area (Å²) in [6.07, 6.45) is 7.57. The minimum absolute atomic E-state index is 0.110. The van der Waals surface area contributed by atoms with Crippen LogP contribution in [0.3, 0.4) is 0 Å². The molecule has 3 heteroatoms. The Labute approximate surface area is 113 Å². The molecule has 2 aliphatic heterocycles. The lowest BCUT2D eigenvalue weighted by Crippen LogP contribution is -2.44. The maximum Gasteiger partial charge on any atom is 0.261 e. The average molecular weight is 257 g/mol. The van der Waals surface area contributed by atoms with Gasteiger partial charge in [-0.2, -0.15) is 0 Å². The molecule has 2 atom stereocenters. The smallest absolute Gasteiger partial charge is 0.261 e. The van der Waals surface area contributed by atoms with Gasteiger partial charge < -0.3 is 9.64 Å². The molecule has 0 aromatic heterocycles. The van der Waals surface area contributed by atoms with E-state index in [9.17, 15) is 4.79 Å². The van der Waals surface area contributed by atoms with Crippen molar-refractivity contribution in [3.05, 3.63) is 42.0 Å². The SMILES string of the molecule is Cc1cccc(OCC(=O)N2C3C=CCC2CC3)c1. The van der Waals surface area contributed by atoms with Crippen molar-refractivity contribution >= 4 is 5.91 Å². The van der Waals surface area contributed by atoms with Gasteiger partial charge in [0.1, 0.15) is 5.75 Å². The maximum absolute atomic E-state index is 12.3. The van der Waals surface area contributed by atoms with E-state index in [1.165, 1.54) is 0 Å². The number of carbonyl (C=O) groups excluding carboxylic acids is 1. The topological polar surface area (TPSA) is 29.5 Å². The summed E-state index contributed by atoms with van der Waals surface area (Å²) in [6, 6.07) is 8.51. The van der Waals surface area contributed by atoms with Crippen LogP contribution in [0.25, 0.3) is 0 Å². The zero-order valence-corrected chi connectivity index (χ0v) is 11.2. The third-order valence-electron chi connectivity index (χ3n) is 3.95. The number of rotatable bonds is 3. The van der Waals surface area contributed by atoms with Gasteiger partial charge in [-0.3, -0.25) is 4.79 Å². The van der Waals surface area contributed by atoms with Crippen molar-refractivity contribution in [1.82, 2.24) is 4.90 Å². The fourth-order valence-electron chi connectivity index (χ4n) is 3.04. The monoisotopic (exact) mass is 257 g/mol. The van der Waals surface area contributed by atoms with Gasteiger partial charge in [-0.15, -0.1) is 0 Å². The zero-order chi connectivity index (χ0) is 13.2. The summed E-state index contributed by atoms with van der Waals surface area (Å²) in [4.78, 5) is 14.3. The van der Waals surface area contributed by atoms with Crippen LogP contribution in [0.1, 0.15) is 24.8 Å². The van der Waals surface area contributed by atoms with Crippen LogP contribution < -0.4 is 4.74 Å². The maximum atomic E-state index is 12.3. The number of nitrogens with zero attached hydrogens (tertiary/aromatic N) is 1. The Morgan fingerprint density at radius 1 is 1.42 bits per heavy atom. The first kappa shape index (κ1) is 12.3. The summed E-state index contributed by atoms with van der Waals surface area (Å²) >= 11 is 0. The van der Waals surface area contributed by atoms with Gasteiger partial charge in [-0.05, 0) is 43.9 Å². The highest BCUT2D eigenvalue weighted by Gasteiger charge is 2.36. The number of hydrogen-bond acceptors (Lipinski definition) is 2. The van der Waals surface area contributed by atoms with Crippen LogP contribution in [0.2, 0.25) is 0 Å². The number of ether oxygens (including phenoxy) is 1. The van der Waals surface area contributed by atoms with Crippen LogP contribution in [0.5, 0.6) is 5.75 Å². The molecule has 1 aromatic carbocycles. The van der Waals surface area contributed by atoms with E-state index in [4.69, 9.17) is 4.74 Å². The highest BCUT2D eigenvalue weighted by molar-refractivity contribution is 5.79. The van der Waals surface area contributed by atoms with Gasteiger partial charge in [0.15, 0.2) is 6.61 Å². The molecule has 3 nitrogen and oxygen atoms in total. The molecule has 1 aromatic rings. The molecule has 0 aliphatic carbocycles. The molecule has 100 valence electrons. The van der Waals surface area contributed by atoms with E-state index in [0.29, 0.717) is 12.1 Å². The summed E-state index contributed by atoms with van der Waals surface area (Å²) in [5.74, 6) is 0.881. The standard InChI is InChI=1S/C16H19NO2/c1-12-4-2-7-15(10-12)19-11-16(18)17-13-5-3-6-14(17)9-8-13/h2-5,7,10,13-14H,6,8-9,11H2,1H3. The van der Waals surface area contributed by atoms with Gasteiger partial charge >= 0.3 is 0 Å². The lowest BCUT2D eigenvalue weighted by molar-refractivity contribution is -0.135. The molecule has 0 saturated carbocycles. The number of amides is 1. The van der Waals surface area contributed by atoms with Crippen molar-refractivity contribution in [2.24, 2.45) is 0 Å². The van der Waals surface area contributed by atoms with Crippen molar-refractivity contribution in [2.75, 3.05) is 6.61 Å². The second kappa shape index (κ2) is 5.08. The largest absolute Gasteiger partial charge is 0.484 e. The van der Waals surface area contributed by atoms with Crippen LogP contribution in [0, 0.1) is 6.92 Å². The Morgan fingerprint density at radius 2 is 2.32 bits per heavy atom. The van der Waals surface area contributed by atoms with E-state index in [1.807, 2.05) is 36.1 Å². The van der Waals surface area contributed by atoms with E-state index < -0.39 is 0 Å². The molecule has 3 rings (SSSR count). The highest BCUT2D eigenvalue weighted by Crippen LogP contribution is 2.31. The van der Waals surface area contributed by atoms with Crippen molar-refractivity contribution in [1.29, 1.82) is 0 Å². The zero-order valence-electron chi connectivity index (χ0n) is 11.2. The van der Waals surface area contributed by atoms with Crippen LogP contribution >= 0.6 is 0 Å². The quantitative estimate of drug-likeness (QED) is 0.779. The first-order valence-corrected chi connectivity index (χ1v) is 6.91. The first-order chi connectivity index (χ1) is 9.24. The minimum atomic E-state index is 0.110. The minimum Gasteiger partial charge on any atom is -0.484 e. The Morgan fingerprint density at radius 3 is 3.11 bits per heavy atom. The fraction of sp³-hybridized carbons (Fsp3) is 0.438. The molecule has 0 spiro atoms. The van der Waals surface area contributed by atoms with Crippen molar-refractivity contribution in [3.8, 4) is 5.75 Å². The van der Waals surface area contributed by atoms with Crippen molar-refractivity contribution < 1.29 is 9.53 Å². The summed E-state index contributed by atoms with van der Waals surface area (Å²) in [5.41, 5.74) is 1.14. The van der Waals surface area contributed by atoms with Gasteiger partial charge in [-0.25, -0.2) is 0 Å². The van der Waals surface area contributed by atoms with E-state index in [-0.39, 0.29) is 12.5 Å². The van der Waals surface area contributed by atoms with Gasteiger partial charge in [0.2, 0.25) is 0 Å². The number of aryl methyl sites for hydroxylation is 1. The molecule has 1 saturated heterocycles. The summed E-state index contributed by atoms with van der Waals surface area (Å²) in [6.45, 7) is 2.16. The Kier molecular flexibility index (Phi) is 3.28. The first-order valence-electron chi connectivity index (χ1n) is 6.91. The third-order valence-corrected chi connectivity index (χ3v) is 3.95. The lowest BCUT2D eigenvalue weighted by atomic mass is 10.1. The van der Waals surface area contributed by atoms with Gasteiger partial charge in [0.05, 0.1) is 6.04 Å². The van der Waals surface area contributed by atoms with Gasteiger partial charge in [-0.1, -0.05) is 24.3 Å². The molecule has 2 unspecified atom stereocenters. The van der Waals surface area contributed by atoms with Crippen molar-refractivity contribution in [2.45, 2.75) is 38.3 Å².